The highest BCUT2D eigenvalue weighted by Gasteiger charge is 2.75. The molecule has 6 atom stereocenters. The van der Waals surface area contributed by atoms with Crippen LogP contribution in [0.4, 0.5) is 0 Å². The molecule has 0 radical (unpaired) electrons. The molecule has 1 spiro atoms. The monoisotopic (exact) mass is 470 g/mol. The zero-order valence-electron chi connectivity index (χ0n) is 20.0. The lowest BCUT2D eigenvalue weighted by Gasteiger charge is -2.43. The number of fused-ring (bicyclic) bond motifs is 1. The van der Waals surface area contributed by atoms with E-state index in [-0.39, 0.29) is 19.1 Å². The zero-order chi connectivity index (χ0) is 24.8. The minimum atomic E-state index is -1.21. The predicted molar refractivity (Wildman–Crippen MR) is 125 cm³/mol. The number of amides is 2. The van der Waals surface area contributed by atoms with E-state index in [1.54, 1.807) is 11.0 Å². The maximum absolute atomic E-state index is 14.2. The van der Waals surface area contributed by atoms with Crippen LogP contribution in [-0.4, -0.2) is 80.3 Å². The van der Waals surface area contributed by atoms with Crippen molar-refractivity contribution < 1.29 is 29.3 Å². The van der Waals surface area contributed by atoms with Gasteiger partial charge in [0.1, 0.15) is 11.6 Å². The van der Waals surface area contributed by atoms with Crippen molar-refractivity contribution in [3.63, 3.8) is 0 Å². The first-order chi connectivity index (χ1) is 16.1. The number of carbonyl (C=O) groups is 3. The third-order valence-electron chi connectivity index (χ3n) is 7.56. The van der Waals surface area contributed by atoms with Crippen LogP contribution in [0.1, 0.15) is 39.2 Å². The summed E-state index contributed by atoms with van der Waals surface area (Å²) in [4.78, 5) is 43.4. The number of hydrogen-bond donors (Lipinski definition) is 2. The fourth-order valence-corrected chi connectivity index (χ4v) is 6.15. The molecule has 2 amide bonds. The first-order valence-electron chi connectivity index (χ1n) is 11.9. The molecule has 0 aromatic heterocycles. The largest absolute Gasteiger partial charge is 0.481 e. The second-order valence-corrected chi connectivity index (χ2v) is 10.6. The average Bonchev–Trinajstić information content (AvgIpc) is 3.42. The van der Waals surface area contributed by atoms with Crippen LogP contribution >= 0.6 is 0 Å². The molecular formula is C26H34N2O6. The summed E-state index contributed by atoms with van der Waals surface area (Å²) >= 11 is 0. The van der Waals surface area contributed by atoms with Crippen molar-refractivity contribution in [1.29, 1.82) is 0 Å². The molecule has 1 aromatic rings. The van der Waals surface area contributed by atoms with Gasteiger partial charge in [-0.25, -0.2) is 0 Å². The van der Waals surface area contributed by atoms with Gasteiger partial charge in [-0.05, 0) is 45.6 Å². The summed E-state index contributed by atoms with van der Waals surface area (Å²) < 4.78 is 6.28. The molecule has 3 heterocycles. The Hall–Kier alpha value is -2.71. The number of aliphatic hydroxyl groups excluding tert-OH is 1. The Kier molecular flexibility index (Phi) is 6.33. The van der Waals surface area contributed by atoms with Gasteiger partial charge in [0, 0.05) is 12.1 Å². The molecule has 0 unspecified atom stereocenters. The van der Waals surface area contributed by atoms with E-state index >= 15 is 0 Å². The maximum Gasteiger partial charge on any atom is 0.310 e. The van der Waals surface area contributed by atoms with E-state index in [0.29, 0.717) is 19.3 Å². The highest BCUT2D eigenvalue weighted by Crippen LogP contribution is 2.59. The number of benzene rings is 1. The van der Waals surface area contributed by atoms with Crippen LogP contribution in [0.2, 0.25) is 0 Å². The zero-order valence-corrected chi connectivity index (χ0v) is 20.0. The number of carboxylic acid groups (broad SMARTS) is 1. The Bertz CT molecular complexity index is 973. The molecule has 34 heavy (non-hydrogen) atoms. The van der Waals surface area contributed by atoms with Crippen LogP contribution in [0, 0.1) is 11.8 Å². The predicted octanol–water partition coefficient (Wildman–Crippen LogP) is 1.86. The van der Waals surface area contributed by atoms with E-state index in [9.17, 15) is 24.6 Å². The topological polar surface area (TPSA) is 107 Å². The van der Waals surface area contributed by atoms with Gasteiger partial charge in [-0.3, -0.25) is 14.4 Å². The molecule has 3 fully saturated rings. The Morgan fingerprint density at radius 3 is 2.56 bits per heavy atom. The van der Waals surface area contributed by atoms with Crippen molar-refractivity contribution in [2.24, 2.45) is 11.8 Å². The molecule has 0 aliphatic carbocycles. The normalized spacial score (nSPS) is 30.8. The molecule has 3 aliphatic rings. The van der Waals surface area contributed by atoms with Gasteiger partial charge in [0.25, 0.3) is 0 Å². The molecule has 3 aliphatic heterocycles. The maximum atomic E-state index is 14.2. The smallest absolute Gasteiger partial charge is 0.310 e. The van der Waals surface area contributed by atoms with Crippen LogP contribution in [0.5, 0.6) is 0 Å². The Balaban J connectivity index is 1.81. The molecule has 2 N–H and O–H groups in total. The van der Waals surface area contributed by atoms with Gasteiger partial charge < -0.3 is 24.7 Å². The number of hydrogen-bond acceptors (Lipinski definition) is 5. The number of ether oxygens (including phenoxy) is 1. The van der Waals surface area contributed by atoms with Gasteiger partial charge in [-0.15, -0.1) is 6.58 Å². The van der Waals surface area contributed by atoms with E-state index in [4.69, 9.17) is 4.74 Å². The summed E-state index contributed by atoms with van der Waals surface area (Å²) in [5.74, 6) is -3.76. The lowest BCUT2D eigenvalue weighted by molar-refractivity contribution is -0.155. The van der Waals surface area contributed by atoms with E-state index in [1.807, 2.05) is 51.1 Å². The van der Waals surface area contributed by atoms with Crippen LogP contribution in [0.15, 0.2) is 43.0 Å². The number of carbonyl (C=O) groups excluding carboxylic acids is 2. The van der Waals surface area contributed by atoms with Crippen LogP contribution < -0.4 is 0 Å². The number of aliphatic carboxylic acids is 1. The first-order valence-corrected chi connectivity index (χ1v) is 11.9. The quantitative estimate of drug-likeness (QED) is 0.562. The van der Waals surface area contributed by atoms with E-state index in [1.165, 1.54) is 4.90 Å². The Labute approximate surface area is 200 Å². The van der Waals surface area contributed by atoms with Crippen LogP contribution in [0.25, 0.3) is 0 Å². The van der Waals surface area contributed by atoms with Gasteiger partial charge in [-0.1, -0.05) is 36.4 Å². The minimum Gasteiger partial charge on any atom is -0.481 e. The summed E-state index contributed by atoms with van der Waals surface area (Å²) in [5.41, 5.74) is -0.864. The van der Waals surface area contributed by atoms with Gasteiger partial charge in [-0.2, -0.15) is 0 Å². The third kappa shape index (κ3) is 3.73. The van der Waals surface area contributed by atoms with Crippen molar-refractivity contribution in [2.75, 3.05) is 13.2 Å². The number of carboxylic acids is 1. The first kappa shape index (κ1) is 24.4. The van der Waals surface area contributed by atoms with Crippen molar-refractivity contribution in [3.8, 4) is 0 Å². The van der Waals surface area contributed by atoms with E-state index in [0.717, 1.165) is 5.56 Å². The van der Waals surface area contributed by atoms with Crippen molar-refractivity contribution in [1.82, 2.24) is 9.80 Å². The standard InChI is InChI=1S/C26H34N2O6/c1-5-13-27(25(2,3)4)23(31)21-26-12-11-18(34-26)19(24(32)33)20(26)22(30)28(21)17(15-29)14-16-9-7-6-8-10-16/h5-10,17-21,29H,1,11-15H2,2-4H3,(H,32,33)/t17-,18-,19+,20+,21-,26+/m1/s1. The lowest BCUT2D eigenvalue weighted by Crippen LogP contribution is -2.61. The summed E-state index contributed by atoms with van der Waals surface area (Å²) in [6, 6.07) is 7.74. The molecular weight excluding hydrogens is 436 g/mol. The van der Waals surface area contributed by atoms with E-state index < -0.39 is 53.0 Å². The number of rotatable bonds is 8. The number of nitrogens with zero attached hydrogens (tertiary/aromatic N) is 2. The van der Waals surface area contributed by atoms with Crippen molar-refractivity contribution >= 4 is 17.8 Å². The van der Waals surface area contributed by atoms with Gasteiger partial charge in [0.05, 0.1) is 30.6 Å². The molecule has 8 nitrogen and oxygen atoms in total. The van der Waals surface area contributed by atoms with Gasteiger partial charge >= 0.3 is 5.97 Å². The molecule has 3 saturated heterocycles. The fraction of sp³-hybridized carbons (Fsp3) is 0.577. The summed E-state index contributed by atoms with van der Waals surface area (Å²) in [7, 11) is 0. The SMILES string of the molecule is C=CCN(C(=O)[C@H]1N([C@@H](CO)Cc2ccccc2)C(=O)[C@@H]2[C@@H](C(=O)O)[C@H]3CC[C@]21O3)C(C)(C)C. The number of aliphatic hydroxyl groups is 1. The summed E-state index contributed by atoms with van der Waals surface area (Å²) in [5, 5.41) is 20.3. The molecule has 0 saturated carbocycles. The number of likely N-dealkylation sites (tertiary alicyclic amines) is 1. The molecule has 184 valence electrons. The van der Waals surface area contributed by atoms with Crippen LogP contribution in [-0.2, 0) is 25.5 Å². The summed E-state index contributed by atoms with van der Waals surface area (Å²) in [6.45, 7) is 9.43. The Morgan fingerprint density at radius 1 is 1.32 bits per heavy atom. The average molecular weight is 471 g/mol. The third-order valence-corrected chi connectivity index (χ3v) is 7.56. The lowest BCUT2D eigenvalue weighted by atomic mass is 9.70. The fourth-order valence-electron chi connectivity index (χ4n) is 6.15. The second kappa shape index (κ2) is 8.82. The molecule has 1 aromatic carbocycles. The van der Waals surface area contributed by atoms with Crippen LogP contribution in [0.3, 0.4) is 0 Å². The minimum absolute atomic E-state index is 0.274. The van der Waals surface area contributed by atoms with Crippen molar-refractivity contribution in [2.45, 2.75) is 69.4 Å². The molecule has 8 heteroatoms. The highest BCUT2D eigenvalue weighted by atomic mass is 16.5. The van der Waals surface area contributed by atoms with Gasteiger partial charge in [0.15, 0.2) is 0 Å². The van der Waals surface area contributed by atoms with Gasteiger partial charge in [0.2, 0.25) is 11.8 Å². The second-order valence-electron chi connectivity index (χ2n) is 10.6. The summed E-state index contributed by atoms with van der Waals surface area (Å²) in [6.07, 6.45) is 2.30. The van der Waals surface area contributed by atoms with Crippen molar-refractivity contribution in [3.05, 3.63) is 48.6 Å². The molecule has 2 bridgehead atoms. The Morgan fingerprint density at radius 2 is 2.00 bits per heavy atom. The molecule has 4 rings (SSSR count). The highest BCUT2D eigenvalue weighted by molar-refractivity contribution is 5.98. The van der Waals surface area contributed by atoms with E-state index in [2.05, 4.69) is 6.58 Å².